The second-order valence-corrected chi connectivity index (χ2v) is 13.7. The van der Waals surface area contributed by atoms with Crippen LogP contribution in [0.2, 0.25) is 0 Å². The second kappa shape index (κ2) is 10.7. The van der Waals surface area contributed by atoms with Gasteiger partial charge in [-0.15, -0.1) is 0 Å². The van der Waals surface area contributed by atoms with Crippen LogP contribution in [-0.4, -0.2) is 93.1 Å². The van der Waals surface area contributed by atoms with E-state index in [2.05, 4.69) is 0 Å². The first-order chi connectivity index (χ1) is 20.4. The summed E-state index contributed by atoms with van der Waals surface area (Å²) in [6, 6.07) is 0.167. The van der Waals surface area contributed by atoms with Crippen molar-refractivity contribution in [1.29, 1.82) is 0 Å². The standard InChI is InChI=1S/C32H36N2O10/c1-31(2,3)43-29(41)33-11-7-9-19(33)27(39)21-23(35)15-13-17-18(14-16(15)24(21)36)26(38)22(25(17)37)28(40)20-10-8-12-34(20)30(42)44-32(4,5)6/h13-14,19-22H,7-12H2,1-6H3/t19-,20?,21?,22?/m0/s1. The van der Waals surface area contributed by atoms with E-state index in [0.717, 1.165) is 12.1 Å². The summed E-state index contributed by atoms with van der Waals surface area (Å²) in [6.45, 7) is 10.6. The van der Waals surface area contributed by atoms with Gasteiger partial charge in [-0.3, -0.25) is 38.6 Å². The number of fused-ring (bicyclic) bond motifs is 2. The summed E-state index contributed by atoms with van der Waals surface area (Å²) < 4.78 is 10.8. The number of amides is 2. The average molecular weight is 609 g/mol. The minimum atomic E-state index is -1.72. The Morgan fingerprint density at radius 1 is 0.591 bits per heavy atom. The minimum absolute atomic E-state index is 0.181. The van der Waals surface area contributed by atoms with E-state index >= 15 is 0 Å². The molecule has 0 aromatic heterocycles. The zero-order valence-electron chi connectivity index (χ0n) is 25.7. The van der Waals surface area contributed by atoms with E-state index in [1.807, 2.05) is 0 Å². The number of carbonyl (C=O) groups excluding carboxylic acids is 8. The molecule has 2 heterocycles. The normalized spacial score (nSPS) is 22.5. The van der Waals surface area contributed by atoms with E-state index in [4.69, 9.17) is 9.47 Å². The first kappa shape index (κ1) is 31.2. The molecule has 1 aromatic rings. The number of hydrogen-bond donors (Lipinski definition) is 0. The van der Waals surface area contributed by atoms with E-state index in [9.17, 15) is 38.4 Å². The largest absolute Gasteiger partial charge is 0.444 e. The molecular formula is C32H36N2O10. The number of likely N-dealkylation sites (tertiary alicyclic amines) is 2. The van der Waals surface area contributed by atoms with Crippen molar-refractivity contribution in [3.63, 3.8) is 0 Å². The Labute approximate surface area is 254 Å². The van der Waals surface area contributed by atoms with Gasteiger partial charge in [0.05, 0.1) is 12.1 Å². The molecule has 4 aliphatic rings. The Kier molecular flexibility index (Phi) is 7.62. The molecule has 44 heavy (non-hydrogen) atoms. The Hall–Kier alpha value is -4.22. The van der Waals surface area contributed by atoms with Crippen LogP contribution in [0.25, 0.3) is 0 Å². The first-order valence-corrected chi connectivity index (χ1v) is 14.8. The fourth-order valence-electron chi connectivity index (χ4n) is 6.38. The number of ketones is 6. The van der Waals surface area contributed by atoms with E-state index in [1.54, 1.807) is 41.5 Å². The molecule has 234 valence electrons. The van der Waals surface area contributed by atoms with Crippen LogP contribution >= 0.6 is 0 Å². The summed E-state index contributed by atoms with van der Waals surface area (Å²) in [5.74, 6) is -8.21. The Balaban J connectivity index is 1.37. The molecule has 1 aromatic carbocycles. The zero-order valence-corrected chi connectivity index (χ0v) is 25.7. The second-order valence-electron chi connectivity index (χ2n) is 13.7. The third-order valence-electron chi connectivity index (χ3n) is 8.26. The number of ether oxygens (including phenoxy) is 2. The maximum atomic E-state index is 13.5. The van der Waals surface area contributed by atoms with Gasteiger partial charge in [-0.1, -0.05) is 0 Å². The molecule has 12 nitrogen and oxygen atoms in total. The maximum Gasteiger partial charge on any atom is 0.410 e. The molecule has 0 N–H and O–H groups in total. The van der Waals surface area contributed by atoms with Crippen molar-refractivity contribution in [2.45, 2.75) is 90.5 Å². The van der Waals surface area contributed by atoms with Crippen molar-refractivity contribution < 1.29 is 47.8 Å². The molecule has 0 spiro atoms. The quantitative estimate of drug-likeness (QED) is 0.462. The molecule has 12 heteroatoms. The number of benzene rings is 1. The summed E-state index contributed by atoms with van der Waals surface area (Å²) >= 11 is 0. The Morgan fingerprint density at radius 2 is 0.886 bits per heavy atom. The van der Waals surface area contributed by atoms with Crippen LogP contribution in [0.15, 0.2) is 12.1 Å². The number of nitrogens with zero attached hydrogens (tertiary/aromatic N) is 2. The van der Waals surface area contributed by atoms with Crippen LogP contribution in [0.4, 0.5) is 9.59 Å². The van der Waals surface area contributed by atoms with Crippen LogP contribution in [0.5, 0.6) is 0 Å². The van der Waals surface area contributed by atoms with Crippen LogP contribution in [0, 0.1) is 11.8 Å². The lowest BCUT2D eigenvalue weighted by Crippen LogP contribution is -2.47. The number of Topliss-reactive ketones (excluding diaryl/α,β-unsaturated/α-hetero) is 6. The maximum absolute atomic E-state index is 13.5. The van der Waals surface area contributed by atoms with Crippen molar-refractivity contribution in [2.24, 2.45) is 11.8 Å². The van der Waals surface area contributed by atoms with Crippen LogP contribution < -0.4 is 0 Å². The molecule has 0 saturated carbocycles. The summed E-state index contributed by atoms with van der Waals surface area (Å²) in [4.78, 5) is 109. The third kappa shape index (κ3) is 5.35. The minimum Gasteiger partial charge on any atom is -0.444 e. The van der Waals surface area contributed by atoms with Crippen molar-refractivity contribution in [2.75, 3.05) is 13.1 Å². The molecule has 2 fully saturated rings. The van der Waals surface area contributed by atoms with Gasteiger partial charge >= 0.3 is 12.2 Å². The van der Waals surface area contributed by atoms with E-state index in [0.29, 0.717) is 12.8 Å². The van der Waals surface area contributed by atoms with Crippen molar-refractivity contribution >= 4 is 46.9 Å². The molecule has 2 aliphatic heterocycles. The lowest BCUT2D eigenvalue weighted by atomic mass is 9.91. The number of carbonyl (C=O) groups is 8. The summed E-state index contributed by atoms with van der Waals surface area (Å²) in [7, 11) is 0. The summed E-state index contributed by atoms with van der Waals surface area (Å²) in [5, 5.41) is 0. The lowest BCUT2D eigenvalue weighted by molar-refractivity contribution is -0.125. The monoisotopic (exact) mass is 608 g/mol. The molecule has 1 unspecified atom stereocenters. The summed E-state index contributed by atoms with van der Waals surface area (Å²) in [6.07, 6.45) is 0.0337. The van der Waals surface area contributed by atoms with Crippen LogP contribution in [-0.2, 0) is 19.1 Å². The molecule has 2 amide bonds. The topological polar surface area (TPSA) is 161 Å². The highest BCUT2D eigenvalue weighted by atomic mass is 16.6. The molecule has 5 rings (SSSR count). The fourth-order valence-corrected chi connectivity index (χ4v) is 6.38. The molecule has 2 atom stereocenters. The highest BCUT2D eigenvalue weighted by molar-refractivity contribution is 6.40. The summed E-state index contributed by atoms with van der Waals surface area (Å²) in [5.41, 5.74) is -2.35. The lowest BCUT2D eigenvalue weighted by Gasteiger charge is -2.28. The Morgan fingerprint density at radius 3 is 1.16 bits per heavy atom. The zero-order chi connectivity index (χ0) is 32.5. The van der Waals surface area contributed by atoms with Crippen LogP contribution in [0.3, 0.4) is 0 Å². The van der Waals surface area contributed by atoms with E-state index in [-0.39, 0.29) is 48.2 Å². The van der Waals surface area contributed by atoms with Crippen molar-refractivity contribution in [3.8, 4) is 0 Å². The van der Waals surface area contributed by atoms with Gasteiger partial charge in [0.1, 0.15) is 23.0 Å². The first-order valence-electron chi connectivity index (χ1n) is 14.8. The van der Waals surface area contributed by atoms with Gasteiger partial charge in [-0.2, -0.15) is 0 Å². The number of hydrogen-bond acceptors (Lipinski definition) is 10. The predicted octanol–water partition coefficient (Wildman–Crippen LogP) is 3.61. The van der Waals surface area contributed by atoms with E-state index < -0.39 is 82.0 Å². The van der Waals surface area contributed by atoms with Crippen molar-refractivity contribution in [3.05, 3.63) is 34.4 Å². The molecular weight excluding hydrogens is 572 g/mol. The average Bonchev–Trinajstić information content (AvgIpc) is 3.68. The van der Waals surface area contributed by atoms with Gasteiger partial charge in [0.15, 0.2) is 34.7 Å². The van der Waals surface area contributed by atoms with Gasteiger partial charge in [0.25, 0.3) is 0 Å². The van der Waals surface area contributed by atoms with Gasteiger partial charge in [-0.25, -0.2) is 9.59 Å². The van der Waals surface area contributed by atoms with Gasteiger partial charge in [0, 0.05) is 35.3 Å². The molecule has 2 saturated heterocycles. The SMILES string of the molecule is CC(C)(C)OC(=O)N1CCCC1C(=O)C1C(=O)c2cc3c(cc2C1=O)C(=O)C(C(=O)[C@@H]1CCCN1C(=O)OC(C)(C)C)C3=O. The van der Waals surface area contributed by atoms with Crippen LogP contribution in [0.1, 0.15) is 109 Å². The number of rotatable bonds is 4. The molecule has 0 radical (unpaired) electrons. The third-order valence-corrected chi connectivity index (χ3v) is 8.26. The van der Waals surface area contributed by atoms with Gasteiger partial charge < -0.3 is 9.47 Å². The van der Waals surface area contributed by atoms with Gasteiger partial charge in [-0.05, 0) is 79.4 Å². The predicted molar refractivity (Wildman–Crippen MR) is 153 cm³/mol. The highest BCUT2D eigenvalue weighted by Crippen LogP contribution is 2.38. The molecule has 0 bridgehead atoms. The Bertz CT molecular complexity index is 1360. The van der Waals surface area contributed by atoms with Gasteiger partial charge in [0.2, 0.25) is 0 Å². The van der Waals surface area contributed by atoms with E-state index in [1.165, 1.54) is 9.80 Å². The fraction of sp³-hybridized carbons (Fsp3) is 0.562. The molecule has 2 aliphatic carbocycles. The highest BCUT2D eigenvalue weighted by Gasteiger charge is 2.53. The van der Waals surface area contributed by atoms with Crippen molar-refractivity contribution in [1.82, 2.24) is 9.80 Å². The smallest absolute Gasteiger partial charge is 0.410 e.